The molecule has 2 rings (SSSR count). The second-order valence-electron chi connectivity index (χ2n) is 3.89. The summed E-state index contributed by atoms with van der Waals surface area (Å²) in [6, 6.07) is 3.50. The summed E-state index contributed by atoms with van der Waals surface area (Å²) in [6.07, 6.45) is 2.88. The van der Waals surface area contributed by atoms with Crippen LogP contribution >= 0.6 is 0 Å². The zero-order valence-electron chi connectivity index (χ0n) is 8.98. The molecule has 0 unspecified atom stereocenters. The Bertz CT molecular complexity index is 407. The summed E-state index contributed by atoms with van der Waals surface area (Å²) in [5.74, 6) is 0.637. The molecule has 2 heterocycles. The fourth-order valence-electron chi connectivity index (χ4n) is 1.81. The second-order valence-corrected chi connectivity index (χ2v) is 5.94. The van der Waals surface area contributed by atoms with Crippen molar-refractivity contribution in [1.29, 1.82) is 0 Å². The Morgan fingerprint density at radius 1 is 1.44 bits per heavy atom. The zero-order valence-corrected chi connectivity index (χ0v) is 9.79. The lowest BCUT2D eigenvalue weighted by atomic mass is 10.2. The molecule has 1 aromatic heterocycles. The minimum absolute atomic E-state index is 0.235. The van der Waals surface area contributed by atoms with Crippen LogP contribution in [0.25, 0.3) is 0 Å². The summed E-state index contributed by atoms with van der Waals surface area (Å²) in [5, 5.41) is 2.87. The van der Waals surface area contributed by atoms with Gasteiger partial charge in [0.2, 0.25) is 10.0 Å². The van der Waals surface area contributed by atoms with Crippen LogP contribution in [0.4, 0.5) is 0 Å². The molecule has 1 aliphatic rings. The summed E-state index contributed by atoms with van der Waals surface area (Å²) < 4.78 is 31.5. The van der Waals surface area contributed by atoms with Crippen LogP contribution in [0.2, 0.25) is 0 Å². The molecule has 1 aliphatic heterocycles. The van der Waals surface area contributed by atoms with Crippen molar-refractivity contribution in [2.75, 3.05) is 13.1 Å². The molecule has 0 aromatic carbocycles. The Hall–Kier alpha value is -0.850. The van der Waals surface area contributed by atoms with Crippen molar-refractivity contribution in [3.05, 3.63) is 24.2 Å². The van der Waals surface area contributed by atoms with Gasteiger partial charge >= 0.3 is 0 Å². The van der Waals surface area contributed by atoms with Crippen molar-refractivity contribution in [1.82, 2.24) is 10.0 Å². The van der Waals surface area contributed by atoms with E-state index >= 15 is 0 Å². The van der Waals surface area contributed by atoms with E-state index in [2.05, 4.69) is 10.0 Å². The van der Waals surface area contributed by atoms with Crippen LogP contribution in [-0.4, -0.2) is 26.8 Å². The molecule has 5 nitrogen and oxygen atoms in total. The van der Waals surface area contributed by atoms with E-state index in [1.807, 2.05) is 0 Å². The summed E-state index contributed by atoms with van der Waals surface area (Å²) in [7, 11) is -3.21. The second kappa shape index (κ2) is 4.99. The van der Waals surface area contributed by atoms with Crippen molar-refractivity contribution in [2.45, 2.75) is 24.6 Å². The fraction of sp³-hybridized carbons (Fsp3) is 0.600. The minimum Gasteiger partial charge on any atom is -0.468 e. The molecular formula is C10H16N2O3S. The predicted molar refractivity (Wildman–Crippen MR) is 60.4 cm³/mol. The SMILES string of the molecule is O=S(=O)(NCc1ccco1)C1CCNCC1. The normalized spacial score (nSPS) is 18.8. The van der Waals surface area contributed by atoms with Gasteiger partial charge < -0.3 is 9.73 Å². The first-order chi connectivity index (χ1) is 7.68. The molecule has 1 fully saturated rings. The maximum absolute atomic E-state index is 11.9. The standard InChI is InChI=1S/C10H16N2O3S/c13-16(14,10-3-5-11-6-4-10)12-8-9-2-1-7-15-9/h1-2,7,10-12H,3-6,8H2. The molecule has 16 heavy (non-hydrogen) atoms. The van der Waals surface area contributed by atoms with E-state index in [0.29, 0.717) is 18.6 Å². The van der Waals surface area contributed by atoms with Crippen LogP contribution < -0.4 is 10.0 Å². The van der Waals surface area contributed by atoms with Gasteiger partial charge in [-0.25, -0.2) is 13.1 Å². The van der Waals surface area contributed by atoms with E-state index in [1.54, 1.807) is 12.1 Å². The molecule has 0 bridgehead atoms. The third-order valence-electron chi connectivity index (χ3n) is 2.75. The molecule has 1 saturated heterocycles. The predicted octanol–water partition coefficient (Wildman–Crippen LogP) is 0.451. The van der Waals surface area contributed by atoms with Crippen LogP contribution in [0.5, 0.6) is 0 Å². The van der Waals surface area contributed by atoms with Gasteiger partial charge in [0.1, 0.15) is 5.76 Å². The first kappa shape index (κ1) is 11.6. The van der Waals surface area contributed by atoms with E-state index in [1.165, 1.54) is 6.26 Å². The Labute approximate surface area is 95.3 Å². The van der Waals surface area contributed by atoms with E-state index in [4.69, 9.17) is 4.42 Å². The number of hydrogen-bond donors (Lipinski definition) is 2. The summed E-state index contributed by atoms with van der Waals surface area (Å²) in [6.45, 7) is 1.78. The minimum atomic E-state index is -3.21. The highest BCUT2D eigenvalue weighted by molar-refractivity contribution is 7.90. The number of nitrogens with one attached hydrogen (secondary N) is 2. The molecule has 90 valence electrons. The average Bonchev–Trinajstić information content (AvgIpc) is 2.81. The number of furan rings is 1. The Kier molecular flexibility index (Phi) is 3.63. The molecule has 0 atom stereocenters. The number of piperidine rings is 1. The maximum atomic E-state index is 11.9. The molecule has 6 heteroatoms. The molecule has 0 radical (unpaired) electrons. The lowest BCUT2D eigenvalue weighted by molar-refractivity contribution is 0.476. The Balaban J connectivity index is 1.91. The third-order valence-corrected chi connectivity index (χ3v) is 4.65. The highest BCUT2D eigenvalue weighted by atomic mass is 32.2. The van der Waals surface area contributed by atoms with Crippen molar-refractivity contribution in [3.63, 3.8) is 0 Å². The first-order valence-electron chi connectivity index (χ1n) is 5.40. The molecule has 0 aliphatic carbocycles. The molecular weight excluding hydrogens is 228 g/mol. The third kappa shape index (κ3) is 2.84. The number of hydrogen-bond acceptors (Lipinski definition) is 4. The molecule has 2 N–H and O–H groups in total. The van der Waals surface area contributed by atoms with Gasteiger partial charge in [0.15, 0.2) is 0 Å². The van der Waals surface area contributed by atoms with Crippen molar-refractivity contribution < 1.29 is 12.8 Å². The largest absolute Gasteiger partial charge is 0.468 e. The van der Waals surface area contributed by atoms with E-state index in [-0.39, 0.29) is 11.8 Å². The van der Waals surface area contributed by atoms with Crippen LogP contribution in [0.1, 0.15) is 18.6 Å². The number of sulfonamides is 1. The van der Waals surface area contributed by atoms with Gasteiger partial charge in [-0.1, -0.05) is 0 Å². The maximum Gasteiger partial charge on any atom is 0.214 e. The van der Waals surface area contributed by atoms with Crippen molar-refractivity contribution >= 4 is 10.0 Å². The van der Waals surface area contributed by atoms with Crippen LogP contribution in [-0.2, 0) is 16.6 Å². The van der Waals surface area contributed by atoms with Gasteiger partial charge in [0.05, 0.1) is 18.1 Å². The van der Waals surface area contributed by atoms with E-state index < -0.39 is 10.0 Å². The summed E-state index contributed by atoms with van der Waals surface area (Å²) in [4.78, 5) is 0. The van der Waals surface area contributed by atoms with Crippen LogP contribution in [0, 0.1) is 0 Å². The Morgan fingerprint density at radius 2 is 2.19 bits per heavy atom. The Morgan fingerprint density at radius 3 is 2.81 bits per heavy atom. The molecule has 0 spiro atoms. The quantitative estimate of drug-likeness (QED) is 0.806. The molecule has 0 saturated carbocycles. The highest BCUT2D eigenvalue weighted by Crippen LogP contribution is 2.12. The lowest BCUT2D eigenvalue weighted by Gasteiger charge is -2.22. The van der Waals surface area contributed by atoms with Crippen LogP contribution in [0.3, 0.4) is 0 Å². The zero-order chi connectivity index (χ0) is 11.4. The molecule has 1 aromatic rings. The van der Waals surface area contributed by atoms with Gasteiger partial charge in [-0.2, -0.15) is 0 Å². The number of rotatable bonds is 4. The lowest BCUT2D eigenvalue weighted by Crippen LogP contribution is -2.41. The van der Waals surface area contributed by atoms with Gasteiger partial charge in [0.25, 0.3) is 0 Å². The highest BCUT2D eigenvalue weighted by Gasteiger charge is 2.26. The van der Waals surface area contributed by atoms with Gasteiger partial charge in [-0.05, 0) is 38.1 Å². The van der Waals surface area contributed by atoms with Crippen LogP contribution in [0.15, 0.2) is 22.8 Å². The van der Waals surface area contributed by atoms with Crippen molar-refractivity contribution in [3.8, 4) is 0 Å². The smallest absolute Gasteiger partial charge is 0.214 e. The molecule has 0 amide bonds. The van der Waals surface area contributed by atoms with E-state index in [9.17, 15) is 8.42 Å². The first-order valence-corrected chi connectivity index (χ1v) is 6.95. The topological polar surface area (TPSA) is 71.3 Å². The monoisotopic (exact) mass is 244 g/mol. The van der Waals surface area contributed by atoms with Gasteiger partial charge in [0, 0.05) is 0 Å². The summed E-state index contributed by atoms with van der Waals surface area (Å²) >= 11 is 0. The van der Waals surface area contributed by atoms with Gasteiger partial charge in [-0.3, -0.25) is 0 Å². The average molecular weight is 244 g/mol. The van der Waals surface area contributed by atoms with Gasteiger partial charge in [-0.15, -0.1) is 0 Å². The summed E-state index contributed by atoms with van der Waals surface area (Å²) in [5.41, 5.74) is 0. The van der Waals surface area contributed by atoms with E-state index in [0.717, 1.165) is 13.1 Å². The van der Waals surface area contributed by atoms with Crippen molar-refractivity contribution in [2.24, 2.45) is 0 Å². The fourth-order valence-corrected chi connectivity index (χ4v) is 3.24.